The summed E-state index contributed by atoms with van der Waals surface area (Å²) in [5.74, 6) is 0. The zero-order chi connectivity index (χ0) is 15.9. The van der Waals surface area contributed by atoms with E-state index >= 15 is 0 Å². The molecule has 0 bridgehead atoms. The minimum atomic E-state index is -1.19. The van der Waals surface area contributed by atoms with Gasteiger partial charge in [0.25, 0.3) is 0 Å². The van der Waals surface area contributed by atoms with E-state index in [4.69, 9.17) is 4.74 Å². The van der Waals surface area contributed by atoms with Crippen LogP contribution < -0.4 is 0 Å². The van der Waals surface area contributed by atoms with Crippen LogP contribution in [0.4, 0.5) is 0 Å². The lowest BCUT2D eigenvalue weighted by Crippen LogP contribution is -2.33. The molecule has 10 heteroatoms. The Morgan fingerprint density at radius 2 is 2.00 bits per heavy atom. The molecule has 1 saturated heterocycles. The Balaban J connectivity index is 2.08. The maximum atomic E-state index is 10.1. The van der Waals surface area contributed by atoms with E-state index in [1.165, 1.54) is 28.2 Å². The number of thioether (sulfide) groups is 2. The molecule has 1 aliphatic heterocycles. The smallest absolute Gasteiger partial charge is 0.190 e. The van der Waals surface area contributed by atoms with Gasteiger partial charge in [-0.2, -0.15) is 5.10 Å². The lowest BCUT2D eigenvalue weighted by molar-refractivity contribution is -0.0567. The number of nitrogens with zero attached hydrogens (tertiary/aromatic N) is 4. The quantitative estimate of drug-likeness (QED) is 0.397. The van der Waals surface area contributed by atoms with Crippen molar-refractivity contribution in [3.05, 3.63) is 6.20 Å². The molecule has 1 fully saturated rings. The molecular formula is C12H16N4O4S2. The standard InChI is InChI=1S/C12H16N4O4S2/c1-21-10-5-3-13-16(9(5)14-12(15-10)22-2)11-8(19)7(18)6(4-17)20-11/h3,6-8,11,17-19H,4H2,1-2H3. The first-order valence-electron chi connectivity index (χ1n) is 6.56. The highest BCUT2D eigenvalue weighted by Crippen LogP contribution is 2.33. The third-order valence-corrected chi connectivity index (χ3v) is 4.78. The molecule has 22 heavy (non-hydrogen) atoms. The molecule has 120 valence electrons. The van der Waals surface area contributed by atoms with Crippen molar-refractivity contribution >= 4 is 34.6 Å². The topological polar surface area (TPSA) is 114 Å². The van der Waals surface area contributed by atoms with Crippen LogP contribution in [0.3, 0.4) is 0 Å². The van der Waals surface area contributed by atoms with Crippen LogP contribution in [0.1, 0.15) is 6.23 Å². The molecule has 3 N–H and O–H groups in total. The molecule has 2 aromatic rings. The number of hydrogen-bond acceptors (Lipinski definition) is 9. The molecule has 1 aliphatic rings. The molecule has 2 aromatic heterocycles. The van der Waals surface area contributed by atoms with Crippen molar-refractivity contribution in [2.24, 2.45) is 0 Å². The Morgan fingerprint density at radius 1 is 1.23 bits per heavy atom. The molecule has 4 atom stereocenters. The summed E-state index contributed by atoms with van der Waals surface area (Å²) in [6.07, 6.45) is 1.29. The fourth-order valence-electron chi connectivity index (χ4n) is 2.40. The van der Waals surface area contributed by atoms with Crippen molar-refractivity contribution in [3.63, 3.8) is 0 Å². The van der Waals surface area contributed by atoms with Crippen LogP contribution >= 0.6 is 23.5 Å². The Morgan fingerprint density at radius 3 is 2.59 bits per heavy atom. The predicted octanol–water partition coefficient (Wildman–Crippen LogP) is -0.118. The summed E-state index contributed by atoms with van der Waals surface area (Å²) in [6, 6.07) is 0. The van der Waals surface area contributed by atoms with Gasteiger partial charge in [-0.15, -0.1) is 11.8 Å². The predicted molar refractivity (Wildman–Crippen MR) is 81.9 cm³/mol. The second-order valence-corrected chi connectivity index (χ2v) is 6.34. The Labute approximate surface area is 134 Å². The normalized spacial score (nSPS) is 28.6. The average Bonchev–Trinajstić information content (AvgIpc) is 3.08. The van der Waals surface area contributed by atoms with E-state index in [0.29, 0.717) is 10.8 Å². The van der Waals surface area contributed by atoms with Gasteiger partial charge >= 0.3 is 0 Å². The highest BCUT2D eigenvalue weighted by atomic mass is 32.2. The third kappa shape index (κ3) is 2.49. The summed E-state index contributed by atoms with van der Waals surface area (Å²) in [5.41, 5.74) is 0.526. The maximum Gasteiger partial charge on any atom is 0.190 e. The van der Waals surface area contributed by atoms with Crippen LogP contribution in [0, 0.1) is 0 Å². The van der Waals surface area contributed by atoms with Crippen LogP contribution in [0.25, 0.3) is 11.0 Å². The zero-order valence-electron chi connectivity index (χ0n) is 11.9. The van der Waals surface area contributed by atoms with Crippen LogP contribution in [0.15, 0.2) is 16.4 Å². The van der Waals surface area contributed by atoms with E-state index in [2.05, 4.69) is 15.1 Å². The van der Waals surface area contributed by atoms with Gasteiger partial charge in [-0.25, -0.2) is 14.6 Å². The number of rotatable bonds is 4. The first-order chi connectivity index (χ1) is 10.6. The first-order valence-corrected chi connectivity index (χ1v) is 9.01. The van der Waals surface area contributed by atoms with E-state index in [0.717, 1.165) is 10.4 Å². The van der Waals surface area contributed by atoms with Crippen molar-refractivity contribution < 1.29 is 20.1 Å². The second kappa shape index (κ2) is 6.30. The molecule has 0 radical (unpaired) electrons. The molecule has 8 nitrogen and oxygen atoms in total. The number of aromatic nitrogens is 4. The largest absolute Gasteiger partial charge is 0.394 e. The van der Waals surface area contributed by atoms with E-state index < -0.39 is 24.5 Å². The van der Waals surface area contributed by atoms with Crippen molar-refractivity contribution in [1.82, 2.24) is 19.7 Å². The molecule has 0 aliphatic carbocycles. The number of aliphatic hydroxyl groups is 3. The summed E-state index contributed by atoms with van der Waals surface area (Å²) in [5, 5.41) is 35.6. The van der Waals surface area contributed by atoms with Gasteiger partial charge in [-0.1, -0.05) is 11.8 Å². The molecule has 3 heterocycles. The van der Waals surface area contributed by atoms with E-state index in [9.17, 15) is 15.3 Å². The maximum absolute atomic E-state index is 10.1. The van der Waals surface area contributed by atoms with Gasteiger partial charge in [0, 0.05) is 0 Å². The molecule has 0 saturated carbocycles. The first kappa shape index (κ1) is 16.0. The van der Waals surface area contributed by atoms with Crippen molar-refractivity contribution in [2.45, 2.75) is 34.7 Å². The van der Waals surface area contributed by atoms with Gasteiger partial charge in [0.2, 0.25) is 0 Å². The van der Waals surface area contributed by atoms with Crippen molar-refractivity contribution in [3.8, 4) is 0 Å². The van der Waals surface area contributed by atoms with Crippen LogP contribution in [0.2, 0.25) is 0 Å². The molecule has 3 rings (SSSR count). The van der Waals surface area contributed by atoms with Crippen LogP contribution in [-0.4, -0.2) is 72.5 Å². The lowest BCUT2D eigenvalue weighted by atomic mass is 10.1. The van der Waals surface area contributed by atoms with Crippen LogP contribution in [-0.2, 0) is 4.74 Å². The monoisotopic (exact) mass is 344 g/mol. The number of aliphatic hydroxyl groups excluding tert-OH is 3. The highest BCUT2D eigenvalue weighted by Gasteiger charge is 2.44. The Hall–Kier alpha value is -0.910. The van der Waals surface area contributed by atoms with Crippen molar-refractivity contribution in [1.29, 1.82) is 0 Å². The molecule has 0 amide bonds. The summed E-state index contributed by atoms with van der Waals surface area (Å²) < 4.78 is 6.94. The van der Waals surface area contributed by atoms with Gasteiger partial charge in [0.1, 0.15) is 23.3 Å². The second-order valence-electron chi connectivity index (χ2n) is 4.77. The Kier molecular flexibility index (Phi) is 4.57. The SMILES string of the molecule is CSc1nc(SC)c2cnn(C3OC(CO)C(O)C3O)c2n1. The van der Waals surface area contributed by atoms with Gasteiger partial charge in [-0.3, -0.25) is 0 Å². The van der Waals surface area contributed by atoms with Gasteiger partial charge in [-0.05, 0) is 12.5 Å². The van der Waals surface area contributed by atoms with Gasteiger partial charge in [0.05, 0.1) is 18.2 Å². The Bertz CT molecular complexity index is 682. The number of hydrogen-bond donors (Lipinski definition) is 3. The fraction of sp³-hybridized carbons (Fsp3) is 0.583. The number of ether oxygens (including phenoxy) is 1. The summed E-state index contributed by atoms with van der Waals surface area (Å²) in [6.45, 7) is -0.380. The molecule has 0 aromatic carbocycles. The summed E-state index contributed by atoms with van der Waals surface area (Å²) in [7, 11) is 0. The molecule has 0 spiro atoms. The number of fused-ring (bicyclic) bond motifs is 1. The third-order valence-electron chi connectivity index (χ3n) is 3.53. The minimum Gasteiger partial charge on any atom is -0.394 e. The minimum absolute atomic E-state index is 0.380. The van der Waals surface area contributed by atoms with Gasteiger partial charge < -0.3 is 20.1 Å². The average molecular weight is 344 g/mol. The van der Waals surface area contributed by atoms with Crippen molar-refractivity contribution in [2.75, 3.05) is 19.1 Å². The van der Waals surface area contributed by atoms with Crippen LogP contribution in [0.5, 0.6) is 0 Å². The summed E-state index contributed by atoms with van der Waals surface area (Å²) >= 11 is 2.88. The highest BCUT2D eigenvalue weighted by molar-refractivity contribution is 7.99. The zero-order valence-corrected chi connectivity index (χ0v) is 13.6. The van der Waals surface area contributed by atoms with E-state index in [-0.39, 0.29) is 6.61 Å². The molecular weight excluding hydrogens is 328 g/mol. The summed E-state index contributed by atoms with van der Waals surface area (Å²) in [4.78, 5) is 8.83. The van der Waals surface area contributed by atoms with Gasteiger partial charge in [0.15, 0.2) is 17.0 Å². The molecule has 4 unspecified atom stereocenters. The van der Waals surface area contributed by atoms with E-state index in [1.54, 1.807) is 6.20 Å². The lowest BCUT2D eigenvalue weighted by Gasteiger charge is -2.15. The van der Waals surface area contributed by atoms with E-state index in [1.807, 2.05) is 12.5 Å². The fourth-order valence-corrected chi connectivity index (χ4v) is 3.36.